The number of carbonyl (C=O) groups is 2. The molecule has 0 saturated carbocycles. The van der Waals surface area contributed by atoms with Crippen molar-refractivity contribution < 1.29 is 19.1 Å². The topological polar surface area (TPSA) is 127 Å². The molecule has 4 heterocycles. The second-order valence-electron chi connectivity index (χ2n) is 7.94. The predicted octanol–water partition coefficient (Wildman–Crippen LogP) is 3.08. The monoisotopic (exact) mass is 541 g/mol. The second kappa shape index (κ2) is 10.5. The normalized spacial score (nSPS) is 18.1. The van der Waals surface area contributed by atoms with Crippen LogP contribution in [0.4, 0.5) is 5.13 Å². The van der Waals surface area contributed by atoms with E-state index in [9.17, 15) is 9.59 Å². The Morgan fingerprint density at radius 3 is 2.74 bits per heavy atom. The Balaban J connectivity index is 1.54. The lowest BCUT2D eigenvalue weighted by molar-refractivity contribution is 0.0531. The van der Waals surface area contributed by atoms with Gasteiger partial charge in [0, 0.05) is 32.8 Å². The van der Waals surface area contributed by atoms with E-state index < -0.39 is 5.97 Å². The van der Waals surface area contributed by atoms with Gasteiger partial charge < -0.3 is 24.7 Å². The van der Waals surface area contributed by atoms with E-state index >= 15 is 0 Å². The number of nitrogens with one attached hydrogen (secondary N) is 2. The number of amides is 1. The molecular weight excluding hydrogens is 517 g/mol. The fraction of sp³-hybridized carbons (Fsp3) is 0.476. The molecule has 1 saturated heterocycles. The first-order chi connectivity index (χ1) is 16.7. The molecule has 4 rings (SSSR count). The van der Waals surface area contributed by atoms with E-state index in [0.717, 1.165) is 0 Å². The maximum atomic E-state index is 12.8. The van der Waals surface area contributed by atoms with Crippen molar-refractivity contribution in [3.05, 3.63) is 32.6 Å². The number of H-pyrrole nitrogens is 1. The zero-order valence-electron chi connectivity index (χ0n) is 19.6. The molecule has 3 aromatic heterocycles. The number of esters is 1. The Hall–Kier alpha value is -2.67. The maximum absolute atomic E-state index is 12.8. The maximum Gasteiger partial charge on any atom is 0.350 e. The molecule has 0 bridgehead atoms. The van der Waals surface area contributed by atoms with E-state index in [1.165, 1.54) is 17.7 Å². The largest absolute Gasteiger partial charge is 0.462 e. The molecule has 2 atom stereocenters. The zero-order chi connectivity index (χ0) is 25.3. The summed E-state index contributed by atoms with van der Waals surface area (Å²) in [6, 6.07) is -0.259. The molecule has 3 aromatic rings. The number of rotatable bonds is 7. The van der Waals surface area contributed by atoms with Gasteiger partial charge in [0.2, 0.25) is 0 Å². The summed E-state index contributed by atoms with van der Waals surface area (Å²) in [6.07, 6.45) is 1.66. The molecule has 0 radical (unpaired) electrons. The lowest BCUT2D eigenvalue weighted by Crippen LogP contribution is -2.55. The smallest absolute Gasteiger partial charge is 0.350 e. The number of methoxy groups -OCH3 is 1. The molecule has 1 amide bonds. The van der Waals surface area contributed by atoms with Gasteiger partial charge in [0.05, 0.1) is 23.8 Å². The zero-order valence-corrected chi connectivity index (χ0v) is 21.9. The van der Waals surface area contributed by atoms with Crippen LogP contribution in [0.5, 0.6) is 0 Å². The van der Waals surface area contributed by atoms with Crippen LogP contribution in [0.3, 0.4) is 0 Å². The van der Waals surface area contributed by atoms with Crippen molar-refractivity contribution in [1.29, 1.82) is 0 Å². The highest BCUT2D eigenvalue weighted by Crippen LogP contribution is 2.34. The summed E-state index contributed by atoms with van der Waals surface area (Å²) in [5.74, 6) is -0.344. The van der Waals surface area contributed by atoms with E-state index in [-0.39, 0.29) is 30.4 Å². The number of hydrogen-bond donors (Lipinski definition) is 2. The Kier molecular flexibility index (Phi) is 7.64. The minimum Gasteiger partial charge on any atom is -0.462 e. The first-order valence-electron chi connectivity index (χ1n) is 10.9. The summed E-state index contributed by atoms with van der Waals surface area (Å²) >= 11 is 13.5. The van der Waals surface area contributed by atoms with Crippen molar-refractivity contribution in [3.8, 4) is 11.5 Å². The van der Waals surface area contributed by atoms with Crippen LogP contribution in [-0.2, 0) is 16.5 Å². The minimum atomic E-state index is -0.462. The second-order valence-corrected chi connectivity index (χ2v) is 9.68. The first kappa shape index (κ1) is 25.4. The summed E-state index contributed by atoms with van der Waals surface area (Å²) < 4.78 is 12.5. The lowest BCUT2D eigenvalue weighted by Gasteiger charge is -2.37. The average molecular weight is 542 g/mol. The van der Waals surface area contributed by atoms with Gasteiger partial charge >= 0.3 is 5.97 Å². The molecule has 0 spiro atoms. The van der Waals surface area contributed by atoms with Crippen molar-refractivity contribution in [3.63, 3.8) is 0 Å². The average Bonchev–Trinajstić information content (AvgIpc) is 3.53. The number of thiazole rings is 1. The van der Waals surface area contributed by atoms with E-state index in [2.05, 4.69) is 20.4 Å². The number of piperidine rings is 1. The van der Waals surface area contributed by atoms with Gasteiger partial charge in [0.1, 0.15) is 27.7 Å². The molecule has 11 nitrogen and oxygen atoms in total. The summed E-state index contributed by atoms with van der Waals surface area (Å²) in [5.41, 5.74) is 1.26. The number of carbonyl (C=O) groups excluding carboxylic acids is 2. The van der Waals surface area contributed by atoms with Crippen molar-refractivity contribution in [2.75, 3.05) is 31.7 Å². The van der Waals surface area contributed by atoms with Crippen LogP contribution >= 0.6 is 34.5 Å². The Bertz CT molecular complexity index is 1240. The van der Waals surface area contributed by atoms with Crippen LogP contribution in [0.25, 0.3) is 11.5 Å². The van der Waals surface area contributed by atoms with Crippen molar-refractivity contribution in [2.24, 2.45) is 7.05 Å². The van der Waals surface area contributed by atoms with E-state index in [1.54, 1.807) is 32.7 Å². The minimum absolute atomic E-state index is 0.221. The number of ether oxygens (including phenoxy) is 2. The standard InChI is InChI=1S/C21H25Cl2N7O4S/c1-5-34-20(32)16-15(18-24-9-25-29(18)3)28-21(35-16)30-7-6-11(12(8-30)33-4)26-19(31)14-13(22)10(2)17(23)27-14/h9,11-12,27H,5-8H2,1-4H3,(H,26,31). The summed E-state index contributed by atoms with van der Waals surface area (Å²) in [4.78, 5) is 39.6. The molecule has 2 N–H and O–H groups in total. The predicted molar refractivity (Wildman–Crippen MR) is 132 cm³/mol. The van der Waals surface area contributed by atoms with Crippen LogP contribution < -0.4 is 10.2 Å². The van der Waals surface area contributed by atoms with Crippen LogP contribution in [0.1, 0.15) is 39.1 Å². The van der Waals surface area contributed by atoms with Gasteiger partial charge in [-0.05, 0) is 20.3 Å². The number of anilines is 1. The fourth-order valence-corrected chi connectivity index (χ4v) is 5.33. The third kappa shape index (κ3) is 5.01. The molecular formula is C21H25Cl2N7O4S. The number of halogens is 2. The van der Waals surface area contributed by atoms with Gasteiger partial charge in [-0.3, -0.25) is 4.79 Å². The SMILES string of the molecule is CCOC(=O)c1sc(N2CCC(NC(=O)c3[nH]c(Cl)c(C)c3Cl)C(OC)C2)nc1-c1ncnn1C. The molecule has 2 unspecified atom stereocenters. The third-order valence-corrected chi connectivity index (χ3v) is 7.74. The molecule has 1 fully saturated rings. The highest BCUT2D eigenvalue weighted by molar-refractivity contribution is 7.17. The summed E-state index contributed by atoms with van der Waals surface area (Å²) in [6.45, 7) is 4.77. The summed E-state index contributed by atoms with van der Waals surface area (Å²) in [7, 11) is 3.32. The van der Waals surface area contributed by atoms with Crippen LogP contribution in [-0.4, -0.2) is 75.6 Å². The Labute approximate surface area is 215 Å². The molecule has 14 heteroatoms. The van der Waals surface area contributed by atoms with E-state index in [1.807, 2.05) is 4.90 Å². The molecule has 188 valence electrons. The van der Waals surface area contributed by atoms with Gasteiger partial charge in [0.25, 0.3) is 5.91 Å². The number of aromatic nitrogens is 5. The Morgan fingerprint density at radius 1 is 1.37 bits per heavy atom. The highest BCUT2D eigenvalue weighted by Gasteiger charge is 2.34. The number of aryl methyl sites for hydroxylation is 1. The number of hydrogen-bond acceptors (Lipinski definition) is 9. The van der Waals surface area contributed by atoms with Crippen molar-refractivity contribution in [1.82, 2.24) is 30.0 Å². The molecule has 35 heavy (non-hydrogen) atoms. The number of nitrogens with zero attached hydrogens (tertiary/aromatic N) is 5. The van der Waals surface area contributed by atoms with E-state index in [0.29, 0.717) is 56.8 Å². The van der Waals surface area contributed by atoms with Crippen LogP contribution in [0, 0.1) is 6.92 Å². The first-order valence-corrected chi connectivity index (χ1v) is 12.5. The fourth-order valence-electron chi connectivity index (χ4n) is 3.87. The number of aromatic amines is 1. The quantitative estimate of drug-likeness (QED) is 0.436. The van der Waals surface area contributed by atoms with Crippen LogP contribution in [0.2, 0.25) is 10.2 Å². The van der Waals surface area contributed by atoms with Gasteiger partial charge in [-0.15, -0.1) is 0 Å². The van der Waals surface area contributed by atoms with Gasteiger partial charge in [-0.1, -0.05) is 34.5 Å². The van der Waals surface area contributed by atoms with Gasteiger partial charge in [-0.2, -0.15) is 5.10 Å². The molecule has 0 aromatic carbocycles. The van der Waals surface area contributed by atoms with Crippen LogP contribution in [0.15, 0.2) is 6.33 Å². The third-order valence-electron chi connectivity index (χ3n) is 5.79. The molecule has 1 aliphatic rings. The highest BCUT2D eigenvalue weighted by atomic mass is 35.5. The lowest BCUT2D eigenvalue weighted by atomic mass is 10.0. The van der Waals surface area contributed by atoms with Gasteiger partial charge in [0.15, 0.2) is 11.0 Å². The van der Waals surface area contributed by atoms with E-state index in [4.69, 9.17) is 37.7 Å². The Morgan fingerprint density at radius 2 is 2.14 bits per heavy atom. The summed E-state index contributed by atoms with van der Waals surface area (Å²) in [5, 5.41) is 8.34. The van der Waals surface area contributed by atoms with Crippen molar-refractivity contribution in [2.45, 2.75) is 32.4 Å². The molecule has 0 aliphatic carbocycles. The molecule has 1 aliphatic heterocycles. The van der Waals surface area contributed by atoms with Crippen molar-refractivity contribution >= 4 is 51.5 Å². The van der Waals surface area contributed by atoms with Gasteiger partial charge in [-0.25, -0.2) is 19.4 Å².